The van der Waals surface area contributed by atoms with E-state index < -0.39 is 5.82 Å². The van der Waals surface area contributed by atoms with Crippen LogP contribution in [0.5, 0.6) is 5.75 Å². The number of halogens is 1. The molecular formula is C22H22FN7O. The summed E-state index contributed by atoms with van der Waals surface area (Å²) in [6.07, 6.45) is 4.17. The molecule has 3 aromatic heterocycles. The molecule has 1 aromatic carbocycles. The van der Waals surface area contributed by atoms with E-state index in [9.17, 15) is 4.39 Å². The molecule has 0 saturated heterocycles. The number of aromatic nitrogens is 5. The third-order valence-corrected chi connectivity index (χ3v) is 5.77. The van der Waals surface area contributed by atoms with Gasteiger partial charge in [-0.25, -0.2) is 4.39 Å². The Bertz CT molecular complexity index is 1290. The molecule has 0 spiro atoms. The number of nitrogens with zero attached hydrogens (tertiary/aromatic N) is 6. The van der Waals surface area contributed by atoms with Crippen LogP contribution >= 0.6 is 0 Å². The summed E-state index contributed by atoms with van der Waals surface area (Å²) in [5.41, 5.74) is 6.13. The Morgan fingerprint density at radius 2 is 2.06 bits per heavy atom. The van der Waals surface area contributed by atoms with Crippen molar-refractivity contribution in [2.45, 2.75) is 26.8 Å². The molecule has 1 aliphatic rings. The summed E-state index contributed by atoms with van der Waals surface area (Å²) in [6.45, 7) is 5.58. The number of fused-ring (bicyclic) bond motifs is 2. The first-order chi connectivity index (χ1) is 15.0. The predicted molar refractivity (Wildman–Crippen MR) is 115 cm³/mol. The summed E-state index contributed by atoms with van der Waals surface area (Å²) >= 11 is 0. The van der Waals surface area contributed by atoms with Crippen LogP contribution in [-0.2, 0) is 13.0 Å². The van der Waals surface area contributed by atoms with Crippen molar-refractivity contribution in [1.29, 1.82) is 0 Å². The molecule has 0 atom stereocenters. The summed E-state index contributed by atoms with van der Waals surface area (Å²) in [5.74, 6) is 0.679. The van der Waals surface area contributed by atoms with Gasteiger partial charge in [-0.3, -0.25) is 4.98 Å². The molecule has 0 aliphatic carbocycles. The Labute approximate surface area is 178 Å². The smallest absolute Gasteiger partial charge is 0.188 e. The standard InChI is InChI=1S/C22H22FN7O/c1-13-14(2)22(28-30-12-25-27-21(13)30)29-8-7-17-15(11-29)9-16(10-24-17)26-18-5-4-6-19(31-3)20(18)23/h4-6,9-10,12,26H,7-8,11H2,1-3H3. The number of methoxy groups -OCH3 is 1. The topological polar surface area (TPSA) is 80.5 Å². The number of benzene rings is 1. The number of pyridine rings is 1. The number of rotatable bonds is 4. The highest BCUT2D eigenvalue weighted by molar-refractivity contribution is 5.63. The number of ether oxygens (including phenoxy) is 1. The van der Waals surface area contributed by atoms with E-state index in [0.29, 0.717) is 12.2 Å². The molecule has 0 amide bonds. The Hall–Kier alpha value is -3.75. The lowest BCUT2D eigenvalue weighted by atomic mass is 10.0. The van der Waals surface area contributed by atoms with Crippen molar-refractivity contribution < 1.29 is 9.13 Å². The molecule has 8 nitrogen and oxygen atoms in total. The lowest BCUT2D eigenvalue weighted by molar-refractivity contribution is 0.387. The molecule has 1 aliphatic heterocycles. The minimum Gasteiger partial charge on any atom is -0.494 e. The highest BCUT2D eigenvalue weighted by atomic mass is 19.1. The van der Waals surface area contributed by atoms with Crippen LogP contribution in [-0.4, -0.2) is 38.4 Å². The quantitative estimate of drug-likeness (QED) is 0.541. The van der Waals surface area contributed by atoms with Crippen LogP contribution < -0.4 is 15.0 Å². The van der Waals surface area contributed by atoms with Gasteiger partial charge in [-0.05, 0) is 37.6 Å². The zero-order chi connectivity index (χ0) is 21.5. The van der Waals surface area contributed by atoms with Gasteiger partial charge in [-0.15, -0.1) is 15.3 Å². The van der Waals surface area contributed by atoms with Gasteiger partial charge < -0.3 is 15.0 Å². The second kappa shape index (κ2) is 7.50. The van der Waals surface area contributed by atoms with Gasteiger partial charge in [-0.2, -0.15) is 4.52 Å². The van der Waals surface area contributed by atoms with Crippen LogP contribution in [0.4, 0.5) is 21.6 Å². The minimum absolute atomic E-state index is 0.198. The SMILES string of the molecule is COc1cccc(Nc2cnc3c(c2)CN(c2nn4cnnc4c(C)c2C)CC3)c1F. The Morgan fingerprint density at radius 3 is 2.90 bits per heavy atom. The van der Waals surface area contributed by atoms with Crippen LogP contribution in [0, 0.1) is 19.7 Å². The highest BCUT2D eigenvalue weighted by Crippen LogP contribution is 2.30. The third kappa shape index (κ3) is 3.31. The summed E-state index contributed by atoms with van der Waals surface area (Å²) in [6, 6.07) is 7.03. The molecule has 158 valence electrons. The lowest BCUT2D eigenvalue weighted by Gasteiger charge is -2.30. The van der Waals surface area contributed by atoms with Gasteiger partial charge in [-0.1, -0.05) is 6.07 Å². The van der Waals surface area contributed by atoms with Gasteiger partial charge in [0.15, 0.2) is 23.0 Å². The van der Waals surface area contributed by atoms with E-state index in [1.165, 1.54) is 7.11 Å². The van der Waals surface area contributed by atoms with Gasteiger partial charge in [0.05, 0.1) is 24.7 Å². The maximum absolute atomic E-state index is 14.5. The van der Waals surface area contributed by atoms with Crippen molar-refractivity contribution >= 4 is 22.8 Å². The van der Waals surface area contributed by atoms with Crippen molar-refractivity contribution in [3.63, 3.8) is 0 Å². The Morgan fingerprint density at radius 1 is 1.19 bits per heavy atom. The van der Waals surface area contributed by atoms with Crippen LogP contribution in [0.3, 0.4) is 0 Å². The van der Waals surface area contributed by atoms with Gasteiger partial charge in [0.1, 0.15) is 6.33 Å². The number of nitrogens with one attached hydrogen (secondary N) is 1. The molecule has 0 saturated carbocycles. The summed E-state index contributed by atoms with van der Waals surface area (Å²) < 4.78 is 21.3. The molecule has 0 unspecified atom stereocenters. The molecule has 0 radical (unpaired) electrons. The monoisotopic (exact) mass is 419 g/mol. The van der Waals surface area contributed by atoms with Crippen LogP contribution in [0.25, 0.3) is 5.65 Å². The zero-order valence-corrected chi connectivity index (χ0v) is 17.6. The molecule has 0 fully saturated rings. The van der Waals surface area contributed by atoms with E-state index in [1.807, 2.05) is 13.0 Å². The van der Waals surface area contributed by atoms with E-state index >= 15 is 0 Å². The van der Waals surface area contributed by atoms with Gasteiger partial charge >= 0.3 is 0 Å². The maximum Gasteiger partial charge on any atom is 0.188 e. The van der Waals surface area contributed by atoms with Gasteiger partial charge in [0.2, 0.25) is 0 Å². The van der Waals surface area contributed by atoms with Crippen LogP contribution in [0.1, 0.15) is 22.4 Å². The van der Waals surface area contributed by atoms with Crippen molar-refractivity contribution in [1.82, 2.24) is 24.8 Å². The number of anilines is 3. The fourth-order valence-corrected chi connectivity index (χ4v) is 3.96. The third-order valence-electron chi connectivity index (χ3n) is 5.77. The highest BCUT2D eigenvalue weighted by Gasteiger charge is 2.23. The van der Waals surface area contributed by atoms with Gasteiger partial charge in [0, 0.05) is 36.3 Å². The minimum atomic E-state index is -0.429. The first-order valence-electron chi connectivity index (χ1n) is 10.0. The van der Waals surface area contributed by atoms with E-state index in [2.05, 4.69) is 32.3 Å². The molecule has 4 aromatic rings. The number of hydrogen-bond acceptors (Lipinski definition) is 7. The second-order valence-electron chi connectivity index (χ2n) is 7.62. The maximum atomic E-state index is 14.5. The van der Waals surface area contributed by atoms with Crippen molar-refractivity contribution in [3.8, 4) is 5.75 Å². The first kappa shape index (κ1) is 19.2. The Balaban J connectivity index is 1.45. The zero-order valence-electron chi connectivity index (χ0n) is 17.6. The normalized spacial score (nSPS) is 13.4. The molecular weight excluding hydrogens is 397 g/mol. The van der Waals surface area contributed by atoms with Gasteiger partial charge in [0.25, 0.3) is 0 Å². The van der Waals surface area contributed by atoms with Crippen molar-refractivity contribution in [2.24, 2.45) is 0 Å². The number of hydrogen-bond donors (Lipinski definition) is 1. The average molecular weight is 419 g/mol. The first-order valence-corrected chi connectivity index (χ1v) is 10.0. The molecule has 5 rings (SSSR count). The molecule has 1 N–H and O–H groups in total. The Kier molecular flexibility index (Phi) is 4.65. The molecule has 4 heterocycles. The summed E-state index contributed by atoms with van der Waals surface area (Å²) in [5, 5.41) is 16.0. The largest absolute Gasteiger partial charge is 0.494 e. The van der Waals surface area contributed by atoms with E-state index in [-0.39, 0.29) is 5.75 Å². The molecule has 0 bridgehead atoms. The summed E-state index contributed by atoms with van der Waals surface area (Å²) in [7, 11) is 1.45. The van der Waals surface area contributed by atoms with E-state index in [0.717, 1.165) is 52.5 Å². The molecule has 9 heteroatoms. The predicted octanol–water partition coefficient (Wildman–Crippen LogP) is 3.59. The second-order valence-corrected chi connectivity index (χ2v) is 7.62. The average Bonchev–Trinajstić information content (AvgIpc) is 3.26. The van der Waals surface area contributed by atoms with E-state index in [4.69, 9.17) is 9.84 Å². The van der Waals surface area contributed by atoms with Crippen LogP contribution in [0.2, 0.25) is 0 Å². The fourth-order valence-electron chi connectivity index (χ4n) is 3.96. The fraction of sp³-hybridized carbons (Fsp3) is 0.273. The summed E-state index contributed by atoms with van der Waals surface area (Å²) in [4.78, 5) is 6.85. The van der Waals surface area contributed by atoms with Crippen molar-refractivity contribution in [3.05, 3.63) is 65.0 Å². The molecule has 31 heavy (non-hydrogen) atoms. The van der Waals surface area contributed by atoms with Crippen LogP contribution in [0.15, 0.2) is 36.8 Å². The lowest BCUT2D eigenvalue weighted by Crippen LogP contribution is -2.32. The van der Waals surface area contributed by atoms with Crippen molar-refractivity contribution in [2.75, 3.05) is 23.9 Å². The van der Waals surface area contributed by atoms with E-state index in [1.54, 1.807) is 35.2 Å². The number of aryl methyl sites for hydroxylation is 1.